The summed E-state index contributed by atoms with van der Waals surface area (Å²) in [6, 6.07) is 34.8. The van der Waals surface area contributed by atoms with Gasteiger partial charge in [0.05, 0.1) is 5.41 Å². The van der Waals surface area contributed by atoms with E-state index in [1.807, 2.05) is 0 Å². The zero-order valence-corrected chi connectivity index (χ0v) is 14.9. The summed E-state index contributed by atoms with van der Waals surface area (Å²) in [6.45, 7) is 0. The van der Waals surface area contributed by atoms with Gasteiger partial charge in [0.25, 0.3) is 0 Å². The molecular weight excluding hydrogens is 328 g/mol. The predicted octanol–water partition coefficient (Wildman–Crippen LogP) is 6.08. The minimum absolute atomic E-state index is 0.336. The zero-order valence-electron chi connectivity index (χ0n) is 14.9. The van der Waals surface area contributed by atoms with Crippen LogP contribution in [0.25, 0.3) is 0 Å². The number of rotatable bonds is 0. The molecule has 1 aliphatic carbocycles. The van der Waals surface area contributed by atoms with E-state index in [1.54, 1.807) is 0 Å². The predicted molar refractivity (Wildman–Crippen MR) is 108 cm³/mol. The van der Waals surface area contributed by atoms with Crippen molar-refractivity contribution in [2.24, 2.45) is 0 Å². The molecule has 0 fully saturated rings. The Morgan fingerprint density at radius 3 is 1.41 bits per heavy atom. The molecule has 4 aromatic carbocycles. The molecule has 128 valence electrons. The van der Waals surface area contributed by atoms with Crippen molar-refractivity contribution in [1.29, 1.82) is 0 Å². The highest BCUT2D eigenvalue weighted by atomic mass is 16.5. The van der Waals surface area contributed by atoms with Crippen molar-refractivity contribution in [2.75, 3.05) is 0 Å². The maximum Gasteiger partial charge on any atom is 0.132 e. The van der Waals surface area contributed by atoms with Crippen LogP contribution in [0.5, 0.6) is 11.5 Å². The Hall–Kier alpha value is -3.32. The molecule has 1 nitrogen and oxygen atoms in total. The maximum atomic E-state index is 6.34. The van der Waals surface area contributed by atoms with Crippen molar-refractivity contribution >= 4 is 0 Å². The van der Waals surface area contributed by atoms with Gasteiger partial charge < -0.3 is 4.74 Å². The Morgan fingerprint density at radius 1 is 0.481 bits per heavy atom. The van der Waals surface area contributed by atoms with E-state index in [9.17, 15) is 0 Å². The normalized spacial score (nSPS) is 15.1. The zero-order chi connectivity index (χ0) is 17.8. The molecule has 0 saturated carbocycles. The van der Waals surface area contributed by atoms with Crippen LogP contribution in [0.2, 0.25) is 0 Å². The van der Waals surface area contributed by atoms with Crippen molar-refractivity contribution in [2.45, 2.75) is 11.8 Å². The molecule has 1 heterocycles. The van der Waals surface area contributed by atoms with Gasteiger partial charge in [-0.3, -0.25) is 0 Å². The molecule has 27 heavy (non-hydrogen) atoms. The maximum absolute atomic E-state index is 6.34. The molecule has 4 aromatic rings. The minimum Gasteiger partial charge on any atom is -0.457 e. The first-order chi connectivity index (χ1) is 13.4. The monoisotopic (exact) mass is 346 g/mol. The smallest absolute Gasteiger partial charge is 0.132 e. The molecule has 0 N–H and O–H groups in total. The first-order valence-corrected chi connectivity index (χ1v) is 9.42. The van der Waals surface area contributed by atoms with Crippen LogP contribution in [-0.2, 0) is 11.8 Å². The Bertz CT molecular complexity index is 998. The first-order valence-electron chi connectivity index (χ1n) is 9.42. The third-order valence-electron chi connectivity index (χ3n) is 6.03. The van der Waals surface area contributed by atoms with Gasteiger partial charge in [-0.15, -0.1) is 0 Å². The van der Waals surface area contributed by atoms with Gasteiger partial charge in [-0.05, 0) is 40.8 Å². The van der Waals surface area contributed by atoms with Gasteiger partial charge in [-0.25, -0.2) is 0 Å². The minimum atomic E-state index is -0.336. The molecule has 0 atom stereocenters. The third kappa shape index (κ3) is 1.84. The average Bonchev–Trinajstić information content (AvgIpc) is 2.73. The summed E-state index contributed by atoms with van der Waals surface area (Å²) in [6.07, 6.45) is 0.972. The molecule has 0 amide bonds. The number of fused-ring (bicyclic) bond motifs is 8. The molecule has 0 unspecified atom stereocenters. The standard InChI is InChI=1S/C26H18O/c1-3-11-20-18(9-1)17-19-10-2-4-12-21(19)26(20)22-13-5-7-15-24(22)27-25-16-8-6-14-23(25)26/h1-16H,17H2. The van der Waals surface area contributed by atoms with E-state index in [-0.39, 0.29) is 5.41 Å². The molecule has 0 bridgehead atoms. The summed E-state index contributed by atoms with van der Waals surface area (Å²) in [7, 11) is 0. The highest BCUT2D eigenvalue weighted by molar-refractivity contribution is 5.73. The van der Waals surface area contributed by atoms with Gasteiger partial charge in [-0.2, -0.15) is 0 Å². The molecule has 0 radical (unpaired) electrons. The summed E-state index contributed by atoms with van der Waals surface area (Å²) in [5.41, 5.74) is 7.63. The van der Waals surface area contributed by atoms with Gasteiger partial charge in [0.1, 0.15) is 11.5 Å². The lowest BCUT2D eigenvalue weighted by Crippen LogP contribution is -2.38. The second kappa shape index (κ2) is 5.34. The molecule has 1 aliphatic heterocycles. The Balaban J connectivity index is 1.85. The number of hydrogen-bond donors (Lipinski definition) is 0. The summed E-state index contributed by atoms with van der Waals surface area (Å²) in [4.78, 5) is 0. The lowest BCUT2D eigenvalue weighted by molar-refractivity contribution is 0.432. The van der Waals surface area contributed by atoms with E-state index in [2.05, 4.69) is 97.1 Å². The largest absolute Gasteiger partial charge is 0.457 e. The number of hydrogen-bond acceptors (Lipinski definition) is 1. The van der Waals surface area contributed by atoms with Crippen LogP contribution in [0.1, 0.15) is 33.4 Å². The summed E-state index contributed by atoms with van der Waals surface area (Å²) in [5.74, 6) is 1.89. The van der Waals surface area contributed by atoms with Crippen LogP contribution < -0.4 is 4.74 Å². The SMILES string of the molecule is c1ccc2c(c1)Cc1ccccc1C21c2ccccc2Oc2ccccc21. The van der Waals surface area contributed by atoms with E-state index < -0.39 is 0 Å². The lowest BCUT2D eigenvalue weighted by Gasteiger charge is -2.45. The molecule has 1 spiro atoms. The van der Waals surface area contributed by atoms with Crippen molar-refractivity contribution in [3.8, 4) is 11.5 Å². The fourth-order valence-corrected chi connectivity index (χ4v) is 5.01. The topological polar surface area (TPSA) is 9.23 Å². The Labute approximate surface area is 158 Å². The summed E-state index contributed by atoms with van der Waals surface area (Å²) >= 11 is 0. The Kier molecular flexibility index (Phi) is 2.93. The molecule has 0 saturated heterocycles. The van der Waals surface area contributed by atoms with Gasteiger partial charge in [0.2, 0.25) is 0 Å². The molecule has 0 aromatic heterocycles. The van der Waals surface area contributed by atoms with E-state index in [0.717, 1.165) is 17.9 Å². The lowest BCUT2D eigenvalue weighted by atomic mass is 9.58. The van der Waals surface area contributed by atoms with E-state index in [0.29, 0.717) is 0 Å². The number of ether oxygens (including phenoxy) is 1. The second-order valence-electron chi connectivity index (χ2n) is 7.34. The van der Waals surface area contributed by atoms with E-state index >= 15 is 0 Å². The van der Waals surface area contributed by atoms with E-state index in [4.69, 9.17) is 4.74 Å². The summed E-state index contributed by atoms with van der Waals surface area (Å²) in [5, 5.41) is 0. The highest BCUT2D eigenvalue weighted by Crippen LogP contribution is 2.58. The molecule has 6 rings (SSSR count). The van der Waals surface area contributed by atoms with Crippen LogP contribution >= 0.6 is 0 Å². The van der Waals surface area contributed by atoms with Gasteiger partial charge >= 0.3 is 0 Å². The van der Waals surface area contributed by atoms with Crippen LogP contribution in [0.15, 0.2) is 97.1 Å². The van der Waals surface area contributed by atoms with E-state index in [1.165, 1.54) is 33.4 Å². The second-order valence-corrected chi connectivity index (χ2v) is 7.34. The Morgan fingerprint density at radius 2 is 0.889 bits per heavy atom. The quantitative estimate of drug-likeness (QED) is 0.324. The summed E-state index contributed by atoms with van der Waals surface area (Å²) < 4.78 is 6.34. The molecule has 2 aliphatic rings. The third-order valence-corrected chi connectivity index (χ3v) is 6.03. The van der Waals surface area contributed by atoms with Gasteiger partial charge in [-0.1, -0.05) is 84.9 Å². The van der Waals surface area contributed by atoms with Crippen LogP contribution in [0, 0.1) is 0 Å². The van der Waals surface area contributed by atoms with Crippen LogP contribution in [0.3, 0.4) is 0 Å². The van der Waals surface area contributed by atoms with Gasteiger partial charge in [0, 0.05) is 11.1 Å². The first kappa shape index (κ1) is 14.8. The van der Waals surface area contributed by atoms with Crippen molar-refractivity contribution < 1.29 is 4.74 Å². The van der Waals surface area contributed by atoms with Crippen LogP contribution in [-0.4, -0.2) is 0 Å². The van der Waals surface area contributed by atoms with Crippen molar-refractivity contribution in [3.63, 3.8) is 0 Å². The highest BCUT2D eigenvalue weighted by Gasteiger charge is 2.48. The van der Waals surface area contributed by atoms with Crippen molar-refractivity contribution in [3.05, 3.63) is 130 Å². The molecular formula is C26H18O. The number of para-hydroxylation sites is 2. The average molecular weight is 346 g/mol. The van der Waals surface area contributed by atoms with Crippen LogP contribution in [0.4, 0.5) is 0 Å². The van der Waals surface area contributed by atoms with Gasteiger partial charge in [0.15, 0.2) is 0 Å². The van der Waals surface area contributed by atoms with Crippen molar-refractivity contribution in [1.82, 2.24) is 0 Å². The number of benzene rings is 4. The fourth-order valence-electron chi connectivity index (χ4n) is 5.01. The molecule has 1 heteroatoms. The fraction of sp³-hybridized carbons (Fsp3) is 0.0769.